The maximum Gasteiger partial charge on any atom is 0.265 e. The molecule has 0 unspecified atom stereocenters. The average molecular weight is 413 g/mol. The normalized spacial score (nSPS) is 14.1. The van der Waals surface area contributed by atoms with Crippen molar-refractivity contribution in [3.63, 3.8) is 0 Å². The van der Waals surface area contributed by atoms with Crippen molar-refractivity contribution in [2.45, 2.75) is 6.42 Å². The number of halogens is 1. The van der Waals surface area contributed by atoms with Gasteiger partial charge in [0, 0.05) is 32.6 Å². The number of hydrogen-bond acceptors (Lipinski definition) is 7. The first-order chi connectivity index (χ1) is 14.1. The molecule has 0 atom stereocenters. The van der Waals surface area contributed by atoms with Crippen molar-refractivity contribution in [2.75, 3.05) is 38.2 Å². The lowest BCUT2D eigenvalue weighted by molar-refractivity contribution is 0.0751. The summed E-state index contributed by atoms with van der Waals surface area (Å²) in [7, 11) is 1.56. The number of ether oxygens (including phenoxy) is 1. The second kappa shape index (κ2) is 8.52. The highest BCUT2D eigenvalue weighted by Crippen LogP contribution is 2.21. The van der Waals surface area contributed by atoms with E-state index in [2.05, 4.69) is 19.9 Å². The number of hydrogen-bond donors (Lipinski definition) is 0. The molecular formula is C20H20FN5O2S. The molecule has 3 heterocycles. The second-order valence-electron chi connectivity index (χ2n) is 6.62. The highest BCUT2D eigenvalue weighted by molar-refractivity contribution is 7.13. The van der Waals surface area contributed by atoms with Crippen LogP contribution in [0.15, 0.2) is 42.9 Å². The third kappa shape index (κ3) is 4.51. The number of nitrogens with zero attached hydrogens (tertiary/aromatic N) is 5. The van der Waals surface area contributed by atoms with E-state index in [-0.39, 0.29) is 11.7 Å². The molecule has 1 amide bonds. The summed E-state index contributed by atoms with van der Waals surface area (Å²) >= 11 is 1.39. The maximum atomic E-state index is 13.0. The molecule has 29 heavy (non-hydrogen) atoms. The third-order valence-corrected chi connectivity index (χ3v) is 5.72. The molecular weight excluding hydrogens is 393 g/mol. The van der Waals surface area contributed by atoms with Crippen molar-refractivity contribution < 1.29 is 13.9 Å². The van der Waals surface area contributed by atoms with E-state index >= 15 is 0 Å². The van der Waals surface area contributed by atoms with Gasteiger partial charge in [0.2, 0.25) is 5.88 Å². The van der Waals surface area contributed by atoms with Crippen LogP contribution in [0.3, 0.4) is 0 Å². The van der Waals surface area contributed by atoms with Crippen LogP contribution in [0.2, 0.25) is 0 Å². The predicted molar refractivity (Wildman–Crippen MR) is 108 cm³/mol. The maximum absolute atomic E-state index is 13.0. The molecule has 0 radical (unpaired) electrons. The molecule has 1 aliphatic rings. The lowest BCUT2D eigenvalue weighted by Gasteiger charge is -2.35. The minimum absolute atomic E-state index is 0.00997. The number of carbonyl (C=O) groups is 1. The Hall–Kier alpha value is -3.07. The number of benzene rings is 1. The van der Waals surface area contributed by atoms with Crippen LogP contribution in [-0.4, -0.2) is 59.0 Å². The van der Waals surface area contributed by atoms with Crippen molar-refractivity contribution in [2.24, 2.45) is 0 Å². The van der Waals surface area contributed by atoms with E-state index < -0.39 is 0 Å². The van der Waals surface area contributed by atoms with Crippen LogP contribution < -0.4 is 9.64 Å². The van der Waals surface area contributed by atoms with Crippen LogP contribution in [0.25, 0.3) is 0 Å². The van der Waals surface area contributed by atoms with Gasteiger partial charge in [0.05, 0.1) is 30.7 Å². The van der Waals surface area contributed by atoms with Gasteiger partial charge >= 0.3 is 0 Å². The Morgan fingerprint density at radius 3 is 2.62 bits per heavy atom. The van der Waals surface area contributed by atoms with Gasteiger partial charge in [-0.05, 0) is 17.7 Å². The first-order valence-corrected chi connectivity index (χ1v) is 10.0. The SMILES string of the molecule is COc1cncc(N2CCN(C(=O)c3cnc(Cc4ccc(F)cc4)s3)CC2)n1. The molecule has 0 bridgehead atoms. The number of aromatic nitrogens is 3. The van der Waals surface area contributed by atoms with Gasteiger partial charge in [-0.1, -0.05) is 12.1 Å². The smallest absolute Gasteiger partial charge is 0.265 e. The quantitative estimate of drug-likeness (QED) is 0.640. The van der Waals surface area contributed by atoms with Gasteiger partial charge in [-0.15, -0.1) is 11.3 Å². The molecule has 9 heteroatoms. The lowest BCUT2D eigenvalue weighted by atomic mass is 10.2. The number of piperazine rings is 1. The van der Waals surface area contributed by atoms with E-state index in [9.17, 15) is 9.18 Å². The van der Waals surface area contributed by atoms with Crippen LogP contribution in [0, 0.1) is 5.82 Å². The molecule has 1 aromatic carbocycles. The van der Waals surface area contributed by atoms with Gasteiger partial charge in [-0.25, -0.2) is 9.37 Å². The molecule has 3 aromatic rings. The van der Waals surface area contributed by atoms with E-state index in [1.807, 2.05) is 4.90 Å². The fraction of sp³-hybridized carbons (Fsp3) is 0.300. The van der Waals surface area contributed by atoms with Gasteiger partial charge in [-0.3, -0.25) is 9.78 Å². The number of amides is 1. The summed E-state index contributed by atoms with van der Waals surface area (Å²) in [5.41, 5.74) is 0.966. The zero-order valence-electron chi connectivity index (χ0n) is 15.9. The van der Waals surface area contributed by atoms with Crippen molar-refractivity contribution in [3.8, 4) is 5.88 Å². The van der Waals surface area contributed by atoms with E-state index in [4.69, 9.17) is 4.74 Å². The number of thiazole rings is 1. The number of carbonyl (C=O) groups excluding carboxylic acids is 1. The Kier molecular flexibility index (Phi) is 5.66. The second-order valence-corrected chi connectivity index (χ2v) is 7.74. The molecule has 150 valence electrons. The van der Waals surface area contributed by atoms with Crippen molar-refractivity contribution in [1.29, 1.82) is 0 Å². The average Bonchev–Trinajstić information content (AvgIpc) is 3.23. The molecule has 0 saturated carbocycles. The summed E-state index contributed by atoms with van der Waals surface area (Å²) in [5, 5.41) is 0.838. The molecule has 0 N–H and O–H groups in total. The Morgan fingerprint density at radius 1 is 1.14 bits per heavy atom. The Labute approximate surface area is 171 Å². The zero-order valence-corrected chi connectivity index (χ0v) is 16.7. The molecule has 1 fully saturated rings. The molecule has 0 aliphatic carbocycles. The van der Waals surface area contributed by atoms with Crippen molar-refractivity contribution >= 4 is 23.1 Å². The summed E-state index contributed by atoms with van der Waals surface area (Å²) in [6, 6.07) is 6.33. The van der Waals surface area contributed by atoms with Crippen LogP contribution in [0.5, 0.6) is 5.88 Å². The van der Waals surface area contributed by atoms with Crippen LogP contribution >= 0.6 is 11.3 Å². The monoisotopic (exact) mass is 413 g/mol. The first kappa shape index (κ1) is 19.3. The topological polar surface area (TPSA) is 71.5 Å². The summed E-state index contributed by atoms with van der Waals surface area (Å²) in [5.74, 6) is 0.947. The summed E-state index contributed by atoms with van der Waals surface area (Å²) in [6.07, 6.45) is 5.48. The molecule has 1 saturated heterocycles. The van der Waals surface area contributed by atoms with E-state index in [0.29, 0.717) is 43.4 Å². The van der Waals surface area contributed by atoms with E-state index in [1.165, 1.54) is 23.5 Å². The largest absolute Gasteiger partial charge is 0.480 e. The molecule has 0 spiro atoms. The van der Waals surface area contributed by atoms with E-state index in [1.54, 1.807) is 37.8 Å². The lowest BCUT2D eigenvalue weighted by Crippen LogP contribution is -2.48. The first-order valence-electron chi connectivity index (χ1n) is 9.22. The molecule has 4 rings (SSSR count). The van der Waals surface area contributed by atoms with Gasteiger partial charge in [-0.2, -0.15) is 4.98 Å². The molecule has 2 aromatic heterocycles. The minimum atomic E-state index is -0.261. The van der Waals surface area contributed by atoms with Gasteiger partial charge in [0.1, 0.15) is 10.7 Å². The summed E-state index contributed by atoms with van der Waals surface area (Å²) in [6.45, 7) is 2.55. The van der Waals surface area contributed by atoms with Crippen molar-refractivity contribution in [3.05, 3.63) is 64.1 Å². The van der Waals surface area contributed by atoms with Gasteiger partial charge in [0.15, 0.2) is 5.82 Å². The number of rotatable bonds is 5. The van der Waals surface area contributed by atoms with Crippen LogP contribution in [0.1, 0.15) is 20.2 Å². The summed E-state index contributed by atoms with van der Waals surface area (Å²) < 4.78 is 18.2. The Morgan fingerprint density at radius 2 is 1.90 bits per heavy atom. The Balaban J connectivity index is 1.36. The van der Waals surface area contributed by atoms with Crippen LogP contribution in [-0.2, 0) is 6.42 Å². The number of anilines is 1. The fourth-order valence-electron chi connectivity index (χ4n) is 3.15. The highest BCUT2D eigenvalue weighted by Gasteiger charge is 2.24. The van der Waals surface area contributed by atoms with Gasteiger partial charge < -0.3 is 14.5 Å². The highest BCUT2D eigenvalue weighted by atomic mass is 32.1. The van der Waals surface area contributed by atoms with Gasteiger partial charge in [0.25, 0.3) is 5.91 Å². The zero-order chi connectivity index (χ0) is 20.2. The standard InChI is InChI=1S/C20H20FN5O2S/c1-28-18-13-22-12-17(24-18)25-6-8-26(9-7-25)20(27)16-11-23-19(29-16)10-14-2-4-15(21)5-3-14/h2-5,11-13H,6-10H2,1H3. The minimum Gasteiger partial charge on any atom is -0.480 e. The molecule has 1 aliphatic heterocycles. The van der Waals surface area contributed by atoms with Crippen LogP contribution in [0.4, 0.5) is 10.2 Å². The fourth-order valence-corrected chi connectivity index (χ4v) is 4.07. The number of methoxy groups -OCH3 is 1. The summed E-state index contributed by atoms with van der Waals surface area (Å²) in [4.78, 5) is 30.3. The van der Waals surface area contributed by atoms with Crippen molar-refractivity contribution in [1.82, 2.24) is 19.9 Å². The molecule has 7 nitrogen and oxygen atoms in total. The predicted octanol–water partition coefficient (Wildman–Crippen LogP) is 2.63. The van der Waals surface area contributed by atoms with E-state index in [0.717, 1.165) is 16.4 Å². The third-order valence-electron chi connectivity index (χ3n) is 4.73. The Bertz CT molecular complexity index is 987.